The van der Waals surface area contributed by atoms with E-state index in [1.807, 2.05) is 29.9 Å². The summed E-state index contributed by atoms with van der Waals surface area (Å²) in [6, 6.07) is 6.04. The quantitative estimate of drug-likeness (QED) is 0.738. The molecule has 0 aliphatic carbocycles. The summed E-state index contributed by atoms with van der Waals surface area (Å²) < 4.78 is 7.66. The number of thiophene rings is 1. The van der Waals surface area contributed by atoms with Crippen LogP contribution in [0.1, 0.15) is 4.88 Å². The predicted octanol–water partition coefficient (Wildman–Crippen LogP) is 3.56. The summed E-state index contributed by atoms with van der Waals surface area (Å²) in [4.78, 5) is 9.10. The lowest BCUT2D eigenvalue weighted by atomic mass is 10.4. The minimum atomic E-state index is 0.328. The van der Waals surface area contributed by atoms with Crippen LogP contribution in [0.4, 0.5) is 0 Å². The highest BCUT2D eigenvalue weighted by molar-refractivity contribution is 7.10. The SMILES string of the molecule is Clc1cncc(OCc2sccc2-n2cccc2)n1. The van der Waals surface area contributed by atoms with Gasteiger partial charge >= 0.3 is 0 Å². The van der Waals surface area contributed by atoms with Crippen LogP contribution in [0, 0.1) is 0 Å². The summed E-state index contributed by atoms with van der Waals surface area (Å²) in [6.45, 7) is 0.445. The molecule has 0 bridgehead atoms. The second kappa shape index (κ2) is 5.42. The molecule has 6 heteroatoms. The molecule has 0 unspecified atom stereocenters. The van der Waals surface area contributed by atoms with Gasteiger partial charge in [0.1, 0.15) is 6.61 Å². The van der Waals surface area contributed by atoms with Gasteiger partial charge in [0.2, 0.25) is 5.88 Å². The summed E-state index contributed by atoms with van der Waals surface area (Å²) in [5, 5.41) is 2.37. The van der Waals surface area contributed by atoms with E-state index in [0.717, 1.165) is 10.6 Å². The Bertz CT molecular complexity index is 666. The van der Waals surface area contributed by atoms with Gasteiger partial charge in [-0.3, -0.25) is 4.98 Å². The lowest BCUT2D eigenvalue weighted by Gasteiger charge is -2.07. The Balaban J connectivity index is 1.76. The molecule has 0 aromatic carbocycles. The van der Waals surface area contributed by atoms with Crippen LogP contribution in [0.3, 0.4) is 0 Å². The highest BCUT2D eigenvalue weighted by Crippen LogP contribution is 2.23. The number of hydrogen-bond acceptors (Lipinski definition) is 4. The highest BCUT2D eigenvalue weighted by atomic mass is 35.5. The Morgan fingerprint density at radius 1 is 1.26 bits per heavy atom. The van der Waals surface area contributed by atoms with Gasteiger partial charge in [0, 0.05) is 12.4 Å². The standard InChI is InChI=1S/C13H10ClN3OS/c14-12-7-15-8-13(16-12)18-9-11-10(3-6-19-11)17-4-1-2-5-17/h1-8H,9H2. The van der Waals surface area contributed by atoms with Crippen molar-refractivity contribution in [3.05, 3.63) is 58.4 Å². The molecule has 0 atom stereocenters. The highest BCUT2D eigenvalue weighted by Gasteiger charge is 2.07. The van der Waals surface area contributed by atoms with Crippen LogP contribution in [0.5, 0.6) is 5.88 Å². The fourth-order valence-corrected chi connectivity index (χ4v) is 2.62. The topological polar surface area (TPSA) is 39.9 Å². The maximum Gasteiger partial charge on any atom is 0.234 e. The molecule has 0 aliphatic rings. The Kier molecular flexibility index (Phi) is 3.48. The van der Waals surface area contributed by atoms with Crippen LogP contribution in [0.25, 0.3) is 5.69 Å². The smallest absolute Gasteiger partial charge is 0.234 e. The van der Waals surface area contributed by atoms with E-state index in [1.165, 1.54) is 6.20 Å². The lowest BCUT2D eigenvalue weighted by molar-refractivity contribution is 0.295. The van der Waals surface area contributed by atoms with E-state index in [2.05, 4.69) is 20.6 Å². The normalized spacial score (nSPS) is 10.6. The van der Waals surface area contributed by atoms with Crippen LogP contribution in [-0.2, 0) is 6.61 Å². The summed E-state index contributed by atoms with van der Waals surface area (Å²) in [7, 11) is 0. The van der Waals surface area contributed by atoms with Gasteiger partial charge in [0.15, 0.2) is 5.15 Å². The second-order valence-corrected chi connectivity index (χ2v) is 5.18. The van der Waals surface area contributed by atoms with Crippen LogP contribution in [0.2, 0.25) is 5.15 Å². The van der Waals surface area contributed by atoms with Crippen molar-refractivity contribution >= 4 is 22.9 Å². The minimum absolute atomic E-state index is 0.328. The van der Waals surface area contributed by atoms with Gasteiger partial charge in [-0.15, -0.1) is 11.3 Å². The fourth-order valence-electron chi connectivity index (χ4n) is 1.70. The van der Waals surface area contributed by atoms with E-state index in [1.54, 1.807) is 17.5 Å². The maximum absolute atomic E-state index is 5.76. The molecule has 4 nitrogen and oxygen atoms in total. The largest absolute Gasteiger partial charge is 0.471 e. The minimum Gasteiger partial charge on any atom is -0.471 e. The lowest BCUT2D eigenvalue weighted by Crippen LogP contribution is -2.00. The second-order valence-electron chi connectivity index (χ2n) is 3.79. The molecule has 0 fully saturated rings. The van der Waals surface area contributed by atoms with Gasteiger partial charge in [-0.1, -0.05) is 11.6 Å². The number of aromatic nitrogens is 3. The first-order valence-electron chi connectivity index (χ1n) is 5.63. The maximum atomic E-state index is 5.76. The molecule has 3 aromatic rings. The van der Waals surface area contributed by atoms with Crippen molar-refractivity contribution in [2.24, 2.45) is 0 Å². The van der Waals surface area contributed by atoms with E-state index in [9.17, 15) is 0 Å². The summed E-state index contributed by atoms with van der Waals surface area (Å²) in [5.74, 6) is 0.430. The molecule has 3 aromatic heterocycles. The van der Waals surface area contributed by atoms with Gasteiger partial charge in [-0.2, -0.15) is 4.98 Å². The molecular weight excluding hydrogens is 282 g/mol. The molecule has 0 saturated heterocycles. The predicted molar refractivity (Wildman–Crippen MR) is 75.0 cm³/mol. The van der Waals surface area contributed by atoms with Gasteiger partial charge < -0.3 is 9.30 Å². The number of nitrogens with zero attached hydrogens (tertiary/aromatic N) is 3. The van der Waals surface area contributed by atoms with Crippen molar-refractivity contribution < 1.29 is 4.74 Å². The van der Waals surface area contributed by atoms with Crippen molar-refractivity contribution in [3.8, 4) is 11.6 Å². The molecule has 0 spiro atoms. The molecule has 3 heterocycles. The molecule has 0 radical (unpaired) electrons. The van der Waals surface area contributed by atoms with Crippen LogP contribution < -0.4 is 4.74 Å². The zero-order valence-corrected chi connectivity index (χ0v) is 11.4. The zero-order valence-electron chi connectivity index (χ0n) is 9.86. The molecule has 0 aliphatic heterocycles. The van der Waals surface area contributed by atoms with E-state index < -0.39 is 0 Å². The molecule has 3 rings (SSSR count). The first-order chi connectivity index (χ1) is 9.33. The Labute approximate surface area is 119 Å². The number of hydrogen-bond donors (Lipinski definition) is 0. The monoisotopic (exact) mass is 291 g/mol. The van der Waals surface area contributed by atoms with Crippen molar-refractivity contribution in [2.45, 2.75) is 6.61 Å². The van der Waals surface area contributed by atoms with Crippen molar-refractivity contribution in [2.75, 3.05) is 0 Å². The third kappa shape index (κ3) is 2.77. The summed E-state index contributed by atoms with van der Waals surface area (Å²) in [6.07, 6.45) is 7.04. The number of rotatable bonds is 4. The summed E-state index contributed by atoms with van der Waals surface area (Å²) >= 11 is 7.41. The third-order valence-corrected chi connectivity index (χ3v) is 3.60. The average molecular weight is 292 g/mol. The zero-order chi connectivity index (χ0) is 13.1. The fraction of sp³-hybridized carbons (Fsp3) is 0.0769. The van der Waals surface area contributed by atoms with Crippen LogP contribution in [0.15, 0.2) is 48.4 Å². The molecular formula is C13H10ClN3OS. The van der Waals surface area contributed by atoms with E-state index >= 15 is 0 Å². The molecule has 0 amide bonds. The summed E-state index contributed by atoms with van der Waals surface area (Å²) in [5.41, 5.74) is 1.12. The number of ether oxygens (including phenoxy) is 1. The van der Waals surface area contributed by atoms with Gasteiger partial charge in [-0.25, -0.2) is 0 Å². The molecule has 96 valence electrons. The van der Waals surface area contributed by atoms with E-state index in [0.29, 0.717) is 17.6 Å². The number of halogens is 1. The Morgan fingerprint density at radius 2 is 2.11 bits per heavy atom. The average Bonchev–Trinajstić information content (AvgIpc) is 3.07. The first kappa shape index (κ1) is 12.2. The van der Waals surface area contributed by atoms with Gasteiger partial charge in [0.05, 0.1) is 23.0 Å². The van der Waals surface area contributed by atoms with Gasteiger partial charge in [-0.05, 0) is 23.6 Å². The van der Waals surface area contributed by atoms with Crippen LogP contribution in [-0.4, -0.2) is 14.5 Å². The Hall–Kier alpha value is -1.85. The Morgan fingerprint density at radius 3 is 2.89 bits per heavy atom. The van der Waals surface area contributed by atoms with Crippen molar-refractivity contribution in [3.63, 3.8) is 0 Å². The molecule has 0 saturated carbocycles. The van der Waals surface area contributed by atoms with Crippen molar-refractivity contribution in [1.82, 2.24) is 14.5 Å². The van der Waals surface area contributed by atoms with Gasteiger partial charge in [0.25, 0.3) is 0 Å². The molecule has 0 N–H and O–H groups in total. The van der Waals surface area contributed by atoms with Crippen molar-refractivity contribution in [1.29, 1.82) is 0 Å². The molecule has 19 heavy (non-hydrogen) atoms. The third-order valence-electron chi connectivity index (χ3n) is 2.54. The first-order valence-corrected chi connectivity index (χ1v) is 6.89. The van der Waals surface area contributed by atoms with E-state index in [-0.39, 0.29) is 0 Å². The van der Waals surface area contributed by atoms with E-state index in [4.69, 9.17) is 16.3 Å². The van der Waals surface area contributed by atoms with Crippen LogP contribution >= 0.6 is 22.9 Å².